The second kappa shape index (κ2) is 8.29. The Morgan fingerprint density at radius 1 is 1.12 bits per heavy atom. The zero-order chi connectivity index (χ0) is 17.5. The van der Waals surface area contributed by atoms with Crippen molar-refractivity contribution in [3.8, 4) is 5.75 Å². The minimum Gasteiger partial charge on any atom is -0.489 e. The van der Waals surface area contributed by atoms with Gasteiger partial charge in [0.2, 0.25) is 5.91 Å². The van der Waals surface area contributed by atoms with Gasteiger partial charge in [0.25, 0.3) is 0 Å². The molecule has 24 heavy (non-hydrogen) atoms. The Kier molecular flexibility index (Phi) is 6.12. The van der Waals surface area contributed by atoms with E-state index in [1.807, 2.05) is 26.0 Å². The van der Waals surface area contributed by atoms with Crippen molar-refractivity contribution in [1.82, 2.24) is 0 Å². The first-order valence-electron chi connectivity index (χ1n) is 7.70. The van der Waals surface area contributed by atoms with Gasteiger partial charge in [-0.1, -0.05) is 12.1 Å². The summed E-state index contributed by atoms with van der Waals surface area (Å²) in [4.78, 5) is 12.0. The molecule has 0 unspecified atom stereocenters. The molecule has 0 aliphatic carbocycles. The Labute approximate surface area is 139 Å². The molecule has 2 aromatic rings. The van der Waals surface area contributed by atoms with Crippen LogP contribution in [-0.4, -0.2) is 18.6 Å². The molecule has 0 aliphatic rings. The Morgan fingerprint density at radius 2 is 1.88 bits per heavy atom. The summed E-state index contributed by atoms with van der Waals surface area (Å²) in [6, 6.07) is 10.7. The molecule has 2 N–H and O–H groups in total. The Morgan fingerprint density at radius 3 is 2.58 bits per heavy atom. The number of para-hydroxylation sites is 2. The van der Waals surface area contributed by atoms with Crippen LogP contribution in [0.1, 0.15) is 20.3 Å². The largest absolute Gasteiger partial charge is 0.489 e. The molecule has 0 saturated carbocycles. The number of carbonyl (C=O) groups is 1. The van der Waals surface area contributed by atoms with Crippen LogP contribution in [0.3, 0.4) is 0 Å². The molecule has 0 fully saturated rings. The molecule has 0 aliphatic heterocycles. The highest BCUT2D eigenvalue weighted by molar-refractivity contribution is 5.92. The first kappa shape index (κ1) is 17.7. The standard InChI is InChI=1S/C18H20F2N2O2/c1-12(2)24-17-6-4-3-5-16(17)22-18(23)9-10-21-13-7-8-14(19)15(20)11-13/h3-8,11-12,21H,9-10H2,1-2H3,(H,22,23). The quantitative estimate of drug-likeness (QED) is 0.798. The van der Waals surface area contributed by atoms with Crippen LogP contribution in [0, 0.1) is 11.6 Å². The molecule has 0 heterocycles. The molecule has 4 nitrogen and oxygen atoms in total. The number of anilines is 2. The molecule has 0 saturated heterocycles. The van der Waals surface area contributed by atoms with E-state index in [1.54, 1.807) is 12.1 Å². The molecule has 0 radical (unpaired) electrons. The van der Waals surface area contributed by atoms with Gasteiger partial charge in [-0.05, 0) is 44.2 Å². The fraction of sp³-hybridized carbons (Fsp3) is 0.278. The SMILES string of the molecule is CC(C)Oc1ccccc1NC(=O)CCNc1ccc(F)c(F)c1. The maximum absolute atomic E-state index is 13.1. The van der Waals surface area contributed by atoms with Gasteiger partial charge in [-0.3, -0.25) is 4.79 Å². The predicted molar refractivity (Wildman–Crippen MR) is 90.3 cm³/mol. The summed E-state index contributed by atoms with van der Waals surface area (Å²) < 4.78 is 31.6. The number of carbonyl (C=O) groups excluding carboxylic acids is 1. The lowest BCUT2D eigenvalue weighted by molar-refractivity contribution is -0.116. The van der Waals surface area contributed by atoms with Crippen LogP contribution < -0.4 is 15.4 Å². The third kappa shape index (κ3) is 5.22. The Balaban J connectivity index is 1.86. The fourth-order valence-electron chi connectivity index (χ4n) is 2.07. The number of ether oxygens (including phenoxy) is 1. The van der Waals surface area contributed by atoms with E-state index in [0.29, 0.717) is 23.7 Å². The van der Waals surface area contributed by atoms with Crippen LogP contribution in [0.15, 0.2) is 42.5 Å². The summed E-state index contributed by atoms with van der Waals surface area (Å²) in [5.41, 5.74) is 1.02. The zero-order valence-corrected chi connectivity index (χ0v) is 13.6. The minimum atomic E-state index is -0.927. The Bertz CT molecular complexity index is 705. The molecule has 2 aromatic carbocycles. The second-order valence-electron chi connectivity index (χ2n) is 5.52. The topological polar surface area (TPSA) is 50.4 Å². The van der Waals surface area contributed by atoms with E-state index in [9.17, 15) is 13.6 Å². The van der Waals surface area contributed by atoms with Crippen LogP contribution in [0.4, 0.5) is 20.2 Å². The molecule has 1 amide bonds. The van der Waals surface area contributed by atoms with Gasteiger partial charge in [-0.25, -0.2) is 8.78 Å². The van der Waals surface area contributed by atoms with E-state index in [2.05, 4.69) is 10.6 Å². The second-order valence-corrected chi connectivity index (χ2v) is 5.52. The molecular weight excluding hydrogens is 314 g/mol. The normalized spacial score (nSPS) is 10.5. The van der Waals surface area contributed by atoms with Gasteiger partial charge >= 0.3 is 0 Å². The van der Waals surface area contributed by atoms with Crippen LogP contribution >= 0.6 is 0 Å². The van der Waals surface area contributed by atoms with Crippen molar-refractivity contribution in [2.75, 3.05) is 17.2 Å². The van der Waals surface area contributed by atoms with Crippen molar-refractivity contribution in [3.63, 3.8) is 0 Å². The van der Waals surface area contributed by atoms with Gasteiger partial charge in [0, 0.05) is 18.7 Å². The van der Waals surface area contributed by atoms with Crippen molar-refractivity contribution in [2.45, 2.75) is 26.4 Å². The van der Waals surface area contributed by atoms with Gasteiger partial charge < -0.3 is 15.4 Å². The molecular formula is C18H20F2N2O2. The van der Waals surface area contributed by atoms with Crippen molar-refractivity contribution in [2.24, 2.45) is 0 Å². The lowest BCUT2D eigenvalue weighted by Crippen LogP contribution is -2.17. The van der Waals surface area contributed by atoms with Crippen molar-refractivity contribution < 1.29 is 18.3 Å². The summed E-state index contributed by atoms with van der Waals surface area (Å²) >= 11 is 0. The van der Waals surface area contributed by atoms with E-state index in [-0.39, 0.29) is 18.4 Å². The summed E-state index contributed by atoms with van der Waals surface area (Å²) in [6.45, 7) is 4.11. The molecule has 128 valence electrons. The third-order valence-electron chi connectivity index (χ3n) is 3.12. The maximum Gasteiger partial charge on any atom is 0.226 e. The predicted octanol–water partition coefficient (Wildman–Crippen LogP) is 4.19. The van der Waals surface area contributed by atoms with Crippen LogP contribution in [-0.2, 0) is 4.79 Å². The highest BCUT2D eigenvalue weighted by Gasteiger charge is 2.09. The van der Waals surface area contributed by atoms with E-state index in [0.717, 1.165) is 12.1 Å². The first-order valence-corrected chi connectivity index (χ1v) is 7.70. The number of amides is 1. The lowest BCUT2D eigenvalue weighted by atomic mass is 10.2. The average molecular weight is 334 g/mol. The monoisotopic (exact) mass is 334 g/mol. The van der Waals surface area contributed by atoms with Crippen LogP contribution in [0.2, 0.25) is 0 Å². The van der Waals surface area contributed by atoms with Crippen LogP contribution in [0.5, 0.6) is 5.75 Å². The van der Waals surface area contributed by atoms with E-state index in [1.165, 1.54) is 6.07 Å². The van der Waals surface area contributed by atoms with Gasteiger partial charge in [0.05, 0.1) is 11.8 Å². The van der Waals surface area contributed by atoms with Crippen molar-refractivity contribution in [3.05, 3.63) is 54.1 Å². The number of hydrogen-bond acceptors (Lipinski definition) is 3. The van der Waals surface area contributed by atoms with Crippen LogP contribution in [0.25, 0.3) is 0 Å². The summed E-state index contributed by atoms with van der Waals surface area (Å²) in [6.07, 6.45) is 0.174. The molecule has 6 heteroatoms. The van der Waals surface area contributed by atoms with Crippen molar-refractivity contribution >= 4 is 17.3 Å². The lowest BCUT2D eigenvalue weighted by Gasteiger charge is -2.15. The van der Waals surface area contributed by atoms with Gasteiger partial charge in [0.15, 0.2) is 11.6 Å². The fourth-order valence-corrected chi connectivity index (χ4v) is 2.07. The highest BCUT2D eigenvalue weighted by Crippen LogP contribution is 2.25. The molecule has 0 aromatic heterocycles. The summed E-state index contributed by atoms with van der Waals surface area (Å²) in [5.74, 6) is -1.43. The highest BCUT2D eigenvalue weighted by atomic mass is 19.2. The average Bonchev–Trinajstić information content (AvgIpc) is 2.52. The van der Waals surface area contributed by atoms with E-state index >= 15 is 0 Å². The van der Waals surface area contributed by atoms with Crippen molar-refractivity contribution in [1.29, 1.82) is 0 Å². The minimum absolute atomic E-state index is 0.00177. The molecule has 2 rings (SSSR count). The summed E-state index contributed by atoms with van der Waals surface area (Å²) in [7, 11) is 0. The molecule has 0 spiro atoms. The third-order valence-corrected chi connectivity index (χ3v) is 3.12. The molecule has 0 atom stereocenters. The number of rotatable bonds is 7. The number of hydrogen-bond donors (Lipinski definition) is 2. The van der Waals surface area contributed by atoms with Gasteiger partial charge in [-0.15, -0.1) is 0 Å². The maximum atomic E-state index is 13.1. The van der Waals surface area contributed by atoms with E-state index in [4.69, 9.17) is 4.74 Å². The number of halogens is 2. The number of nitrogens with one attached hydrogen (secondary N) is 2. The Hall–Kier alpha value is -2.63. The number of benzene rings is 2. The van der Waals surface area contributed by atoms with E-state index < -0.39 is 11.6 Å². The first-order chi connectivity index (χ1) is 11.5. The zero-order valence-electron chi connectivity index (χ0n) is 13.6. The van der Waals surface area contributed by atoms with Gasteiger partial charge in [-0.2, -0.15) is 0 Å². The smallest absolute Gasteiger partial charge is 0.226 e. The van der Waals surface area contributed by atoms with Gasteiger partial charge in [0.1, 0.15) is 5.75 Å². The molecule has 0 bridgehead atoms. The summed E-state index contributed by atoms with van der Waals surface area (Å²) in [5, 5.41) is 5.66.